The monoisotopic (exact) mass is 347 g/mol. The molecule has 1 saturated heterocycles. The van der Waals surface area contributed by atoms with Crippen molar-refractivity contribution < 1.29 is 9.53 Å². The van der Waals surface area contributed by atoms with Gasteiger partial charge in [-0.1, -0.05) is 24.3 Å². The topological polar surface area (TPSA) is 55.3 Å². The average Bonchev–Trinajstić information content (AvgIpc) is 2.66. The van der Waals surface area contributed by atoms with Crippen molar-refractivity contribution in [1.82, 2.24) is 9.97 Å². The predicted molar refractivity (Wildman–Crippen MR) is 103 cm³/mol. The van der Waals surface area contributed by atoms with Crippen LogP contribution in [0.25, 0.3) is 22.2 Å². The molecule has 1 aliphatic heterocycles. The van der Waals surface area contributed by atoms with E-state index in [9.17, 15) is 4.79 Å². The van der Waals surface area contributed by atoms with Crippen molar-refractivity contribution in [2.24, 2.45) is 0 Å². The lowest BCUT2D eigenvalue weighted by Gasteiger charge is -2.36. The number of morpholine rings is 1. The Labute approximate surface area is 152 Å². The zero-order valence-electron chi connectivity index (χ0n) is 14.9. The number of hydrogen-bond donors (Lipinski definition) is 0. The molecule has 0 spiro atoms. The molecule has 2 aromatic heterocycles. The van der Waals surface area contributed by atoms with Gasteiger partial charge in [0.2, 0.25) is 0 Å². The van der Waals surface area contributed by atoms with Crippen molar-refractivity contribution in [2.45, 2.75) is 26.1 Å². The van der Waals surface area contributed by atoms with E-state index in [1.807, 2.05) is 56.3 Å². The standard InChI is InChI=1S/C21H21N3O2/c1-14-11-24(12-15(2)26-14)21-18(13-25)9-17(10-22-21)20-8-7-16-5-3-4-6-19(16)23-20/h3-10,13-15H,11-12H2,1-2H3. The molecule has 5 heteroatoms. The van der Waals surface area contributed by atoms with Crippen LogP contribution in [0, 0.1) is 0 Å². The molecular formula is C21H21N3O2. The van der Waals surface area contributed by atoms with Gasteiger partial charge in [0.15, 0.2) is 6.29 Å². The number of rotatable bonds is 3. The molecule has 1 aromatic carbocycles. The minimum Gasteiger partial charge on any atom is -0.372 e. The van der Waals surface area contributed by atoms with E-state index in [-0.39, 0.29) is 12.2 Å². The van der Waals surface area contributed by atoms with Gasteiger partial charge in [0, 0.05) is 30.2 Å². The third-order valence-corrected chi connectivity index (χ3v) is 4.64. The third kappa shape index (κ3) is 3.18. The molecule has 0 saturated carbocycles. The van der Waals surface area contributed by atoms with E-state index in [2.05, 4.69) is 9.88 Å². The number of carbonyl (C=O) groups is 1. The molecule has 1 aliphatic rings. The Morgan fingerprint density at radius 1 is 1.12 bits per heavy atom. The number of pyridine rings is 2. The van der Waals surface area contributed by atoms with Crippen LogP contribution in [0.4, 0.5) is 5.82 Å². The van der Waals surface area contributed by atoms with E-state index < -0.39 is 0 Å². The molecule has 26 heavy (non-hydrogen) atoms. The van der Waals surface area contributed by atoms with Crippen molar-refractivity contribution in [3.05, 3.63) is 54.2 Å². The first-order valence-electron chi connectivity index (χ1n) is 8.86. The summed E-state index contributed by atoms with van der Waals surface area (Å²) in [5.74, 6) is 0.714. The maximum absolute atomic E-state index is 11.7. The Morgan fingerprint density at radius 2 is 1.88 bits per heavy atom. The number of benzene rings is 1. The minimum absolute atomic E-state index is 0.113. The first-order chi connectivity index (χ1) is 12.6. The molecule has 1 fully saturated rings. The summed E-state index contributed by atoms with van der Waals surface area (Å²) < 4.78 is 5.78. The van der Waals surface area contributed by atoms with Crippen LogP contribution in [-0.2, 0) is 4.74 Å². The number of aromatic nitrogens is 2. The van der Waals surface area contributed by atoms with Crippen LogP contribution in [0.3, 0.4) is 0 Å². The van der Waals surface area contributed by atoms with E-state index in [1.54, 1.807) is 6.20 Å². The summed E-state index contributed by atoms with van der Waals surface area (Å²) in [7, 11) is 0. The number of hydrogen-bond acceptors (Lipinski definition) is 5. The zero-order valence-corrected chi connectivity index (χ0v) is 14.9. The second-order valence-electron chi connectivity index (χ2n) is 6.81. The smallest absolute Gasteiger partial charge is 0.153 e. The summed E-state index contributed by atoms with van der Waals surface area (Å²) in [5, 5.41) is 1.09. The quantitative estimate of drug-likeness (QED) is 0.676. The van der Waals surface area contributed by atoms with Gasteiger partial charge in [0.25, 0.3) is 0 Å². The van der Waals surface area contributed by atoms with Gasteiger partial charge in [0.05, 0.1) is 29.0 Å². The zero-order chi connectivity index (χ0) is 18.1. The fourth-order valence-corrected chi connectivity index (χ4v) is 3.54. The van der Waals surface area contributed by atoms with Gasteiger partial charge in [-0.15, -0.1) is 0 Å². The number of nitrogens with zero attached hydrogens (tertiary/aromatic N) is 3. The number of ether oxygens (including phenoxy) is 1. The van der Waals surface area contributed by atoms with Crippen molar-refractivity contribution in [3.8, 4) is 11.3 Å². The first kappa shape index (κ1) is 16.7. The molecule has 0 aliphatic carbocycles. The summed E-state index contributed by atoms with van der Waals surface area (Å²) in [6, 6.07) is 13.9. The summed E-state index contributed by atoms with van der Waals surface area (Å²) in [6.07, 6.45) is 2.89. The lowest BCUT2D eigenvalue weighted by molar-refractivity contribution is -0.00549. The highest BCUT2D eigenvalue weighted by Crippen LogP contribution is 2.26. The Morgan fingerprint density at radius 3 is 2.65 bits per heavy atom. The molecule has 0 N–H and O–H groups in total. The van der Waals surface area contributed by atoms with E-state index >= 15 is 0 Å². The van der Waals surface area contributed by atoms with E-state index in [0.29, 0.717) is 11.4 Å². The number of aldehydes is 1. The van der Waals surface area contributed by atoms with Crippen LogP contribution >= 0.6 is 0 Å². The van der Waals surface area contributed by atoms with Crippen molar-refractivity contribution >= 4 is 23.0 Å². The van der Waals surface area contributed by atoms with Crippen LogP contribution in [0.1, 0.15) is 24.2 Å². The van der Waals surface area contributed by atoms with Crippen LogP contribution in [0.5, 0.6) is 0 Å². The van der Waals surface area contributed by atoms with Gasteiger partial charge >= 0.3 is 0 Å². The number of fused-ring (bicyclic) bond motifs is 1. The molecule has 0 amide bonds. The maximum Gasteiger partial charge on any atom is 0.153 e. The molecular weight excluding hydrogens is 326 g/mol. The lowest BCUT2D eigenvalue weighted by atomic mass is 10.1. The summed E-state index contributed by atoms with van der Waals surface area (Å²) in [4.78, 5) is 23.1. The molecule has 5 nitrogen and oxygen atoms in total. The lowest BCUT2D eigenvalue weighted by Crippen LogP contribution is -2.46. The molecule has 4 rings (SSSR count). The van der Waals surface area contributed by atoms with Crippen LogP contribution < -0.4 is 4.90 Å². The van der Waals surface area contributed by atoms with Gasteiger partial charge in [-0.25, -0.2) is 9.97 Å². The Hall–Kier alpha value is -2.79. The second kappa shape index (κ2) is 6.84. The summed E-state index contributed by atoms with van der Waals surface area (Å²) in [5.41, 5.74) is 3.17. The van der Waals surface area contributed by atoms with Crippen LogP contribution in [-0.4, -0.2) is 41.6 Å². The minimum atomic E-state index is 0.113. The molecule has 0 bridgehead atoms. The van der Waals surface area contributed by atoms with Gasteiger partial charge in [-0.2, -0.15) is 0 Å². The van der Waals surface area contributed by atoms with E-state index in [0.717, 1.165) is 41.5 Å². The largest absolute Gasteiger partial charge is 0.372 e. The van der Waals surface area contributed by atoms with E-state index in [1.165, 1.54) is 0 Å². The molecule has 0 radical (unpaired) electrons. The third-order valence-electron chi connectivity index (χ3n) is 4.64. The van der Waals surface area contributed by atoms with Crippen molar-refractivity contribution in [1.29, 1.82) is 0 Å². The average molecular weight is 347 g/mol. The van der Waals surface area contributed by atoms with Gasteiger partial charge < -0.3 is 9.64 Å². The number of anilines is 1. The van der Waals surface area contributed by atoms with E-state index in [4.69, 9.17) is 9.72 Å². The molecule has 2 atom stereocenters. The second-order valence-corrected chi connectivity index (χ2v) is 6.81. The van der Waals surface area contributed by atoms with Crippen LogP contribution in [0.2, 0.25) is 0 Å². The van der Waals surface area contributed by atoms with Gasteiger partial charge in [-0.05, 0) is 32.0 Å². The van der Waals surface area contributed by atoms with Crippen LogP contribution in [0.15, 0.2) is 48.7 Å². The highest BCUT2D eigenvalue weighted by atomic mass is 16.5. The first-order valence-corrected chi connectivity index (χ1v) is 8.86. The molecule has 2 unspecified atom stereocenters. The SMILES string of the molecule is CC1CN(c2ncc(-c3ccc4ccccc4n3)cc2C=O)CC(C)O1. The summed E-state index contributed by atoms with van der Waals surface area (Å²) >= 11 is 0. The summed E-state index contributed by atoms with van der Waals surface area (Å²) in [6.45, 7) is 5.53. The number of carbonyl (C=O) groups excluding carboxylic acids is 1. The Balaban J connectivity index is 1.71. The normalized spacial score (nSPS) is 20.3. The predicted octanol–water partition coefficient (Wildman–Crippen LogP) is 3.72. The highest BCUT2D eigenvalue weighted by Gasteiger charge is 2.25. The van der Waals surface area contributed by atoms with Crippen molar-refractivity contribution in [2.75, 3.05) is 18.0 Å². The number of para-hydroxylation sites is 1. The fourth-order valence-electron chi connectivity index (χ4n) is 3.54. The highest BCUT2D eigenvalue weighted by molar-refractivity contribution is 5.86. The molecule has 132 valence electrons. The Kier molecular flexibility index (Phi) is 4.39. The maximum atomic E-state index is 11.7. The fraction of sp³-hybridized carbons (Fsp3) is 0.286. The van der Waals surface area contributed by atoms with Gasteiger partial charge in [-0.3, -0.25) is 4.79 Å². The van der Waals surface area contributed by atoms with Gasteiger partial charge in [0.1, 0.15) is 5.82 Å². The molecule has 3 aromatic rings. The Bertz CT molecular complexity index is 947. The molecule has 3 heterocycles. The van der Waals surface area contributed by atoms with Crippen molar-refractivity contribution in [3.63, 3.8) is 0 Å².